The van der Waals surface area contributed by atoms with E-state index in [2.05, 4.69) is 5.32 Å². The van der Waals surface area contributed by atoms with Gasteiger partial charge in [-0.05, 0) is 25.1 Å². The van der Waals surface area contributed by atoms with Crippen molar-refractivity contribution in [2.45, 2.75) is 6.42 Å². The van der Waals surface area contributed by atoms with Crippen LogP contribution in [-0.2, 0) is 7.05 Å². The van der Waals surface area contributed by atoms with Gasteiger partial charge in [0.05, 0.1) is 0 Å². The van der Waals surface area contributed by atoms with E-state index in [1.54, 1.807) is 0 Å². The van der Waals surface area contributed by atoms with E-state index in [4.69, 9.17) is 5.73 Å². The van der Waals surface area contributed by atoms with E-state index in [-0.39, 0.29) is 5.91 Å². The normalized spacial score (nSPS) is 10.7. The van der Waals surface area contributed by atoms with Crippen LogP contribution in [0.15, 0.2) is 30.3 Å². The third kappa shape index (κ3) is 2.31. The van der Waals surface area contributed by atoms with Crippen molar-refractivity contribution in [3.63, 3.8) is 0 Å². The summed E-state index contributed by atoms with van der Waals surface area (Å²) in [5.41, 5.74) is 7.14. The number of nitrogens with zero attached hydrogens (tertiary/aromatic N) is 1. The first-order chi connectivity index (χ1) is 8.24. The second kappa shape index (κ2) is 5.01. The number of aromatic nitrogens is 1. The van der Waals surface area contributed by atoms with Crippen molar-refractivity contribution in [3.8, 4) is 0 Å². The number of nitrogens with one attached hydrogen (secondary N) is 1. The smallest absolute Gasteiger partial charge is 0.267 e. The molecular weight excluding hydrogens is 214 g/mol. The minimum absolute atomic E-state index is 0.0443. The fourth-order valence-electron chi connectivity index (χ4n) is 1.90. The SMILES string of the molecule is Cn1c(C(=O)NCCCN)cc2ccccc21. The van der Waals surface area contributed by atoms with Gasteiger partial charge in [-0.25, -0.2) is 0 Å². The Bertz CT molecular complexity index is 530. The van der Waals surface area contributed by atoms with Gasteiger partial charge >= 0.3 is 0 Å². The van der Waals surface area contributed by atoms with Crippen LogP contribution in [0.25, 0.3) is 10.9 Å². The number of carbonyl (C=O) groups is 1. The van der Waals surface area contributed by atoms with Gasteiger partial charge in [0.1, 0.15) is 5.69 Å². The number of para-hydroxylation sites is 1. The summed E-state index contributed by atoms with van der Waals surface area (Å²) in [7, 11) is 1.90. The van der Waals surface area contributed by atoms with Gasteiger partial charge in [0.25, 0.3) is 5.91 Å². The summed E-state index contributed by atoms with van der Waals surface area (Å²) < 4.78 is 1.91. The molecule has 90 valence electrons. The molecule has 1 heterocycles. The monoisotopic (exact) mass is 231 g/mol. The molecule has 0 aliphatic heterocycles. The Morgan fingerprint density at radius 2 is 2.18 bits per heavy atom. The second-order valence-electron chi connectivity index (χ2n) is 4.05. The Labute approximate surface area is 100 Å². The standard InChI is InChI=1S/C13H17N3O/c1-16-11-6-3-2-5-10(11)9-12(16)13(17)15-8-4-7-14/h2-3,5-6,9H,4,7-8,14H2,1H3,(H,15,17). The first-order valence-corrected chi connectivity index (χ1v) is 5.77. The lowest BCUT2D eigenvalue weighted by Gasteiger charge is -2.05. The molecule has 4 nitrogen and oxygen atoms in total. The minimum Gasteiger partial charge on any atom is -0.351 e. The maximum absolute atomic E-state index is 11.9. The Kier molecular flexibility index (Phi) is 3.44. The Balaban J connectivity index is 2.23. The molecule has 0 spiro atoms. The van der Waals surface area contributed by atoms with Crippen LogP contribution in [0.2, 0.25) is 0 Å². The molecule has 2 aromatic rings. The molecule has 1 aromatic carbocycles. The van der Waals surface area contributed by atoms with Gasteiger partial charge in [0.15, 0.2) is 0 Å². The molecule has 0 aliphatic rings. The summed E-state index contributed by atoms with van der Waals surface area (Å²) in [4.78, 5) is 11.9. The fourth-order valence-corrected chi connectivity index (χ4v) is 1.90. The zero-order valence-electron chi connectivity index (χ0n) is 9.94. The number of benzene rings is 1. The van der Waals surface area contributed by atoms with Crippen molar-refractivity contribution >= 4 is 16.8 Å². The average molecular weight is 231 g/mol. The van der Waals surface area contributed by atoms with Gasteiger partial charge in [-0.15, -0.1) is 0 Å². The lowest BCUT2D eigenvalue weighted by Crippen LogP contribution is -2.27. The van der Waals surface area contributed by atoms with Crippen LogP contribution in [-0.4, -0.2) is 23.6 Å². The number of nitrogens with two attached hydrogens (primary N) is 1. The Morgan fingerprint density at radius 1 is 1.41 bits per heavy atom. The van der Waals surface area contributed by atoms with E-state index in [1.807, 2.05) is 41.9 Å². The topological polar surface area (TPSA) is 60.0 Å². The minimum atomic E-state index is -0.0443. The summed E-state index contributed by atoms with van der Waals surface area (Å²) in [5, 5.41) is 3.94. The zero-order chi connectivity index (χ0) is 12.3. The molecule has 2 rings (SSSR count). The van der Waals surface area contributed by atoms with Gasteiger partial charge in [0.2, 0.25) is 0 Å². The number of fused-ring (bicyclic) bond motifs is 1. The fraction of sp³-hybridized carbons (Fsp3) is 0.308. The van der Waals surface area contributed by atoms with E-state index in [1.165, 1.54) is 0 Å². The van der Waals surface area contributed by atoms with Gasteiger partial charge in [-0.2, -0.15) is 0 Å². The predicted octanol–water partition coefficient (Wildman–Crippen LogP) is 1.26. The summed E-state index contributed by atoms with van der Waals surface area (Å²) in [6, 6.07) is 9.86. The molecule has 0 atom stereocenters. The molecule has 0 fully saturated rings. The zero-order valence-corrected chi connectivity index (χ0v) is 9.94. The molecule has 0 saturated heterocycles. The van der Waals surface area contributed by atoms with Crippen LogP contribution in [0.4, 0.5) is 0 Å². The van der Waals surface area contributed by atoms with Crippen LogP contribution >= 0.6 is 0 Å². The third-order valence-corrected chi connectivity index (χ3v) is 2.85. The third-order valence-electron chi connectivity index (χ3n) is 2.85. The molecule has 0 unspecified atom stereocenters. The Hall–Kier alpha value is -1.81. The number of rotatable bonds is 4. The maximum atomic E-state index is 11.9. The predicted molar refractivity (Wildman–Crippen MR) is 68.9 cm³/mol. The summed E-state index contributed by atoms with van der Waals surface area (Å²) in [5.74, 6) is -0.0443. The molecule has 17 heavy (non-hydrogen) atoms. The second-order valence-corrected chi connectivity index (χ2v) is 4.05. The van der Waals surface area contributed by atoms with Crippen LogP contribution in [0.3, 0.4) is 0 Å². The lowest BCUT2D eigenvalue weighted by molar-refractivity contribution is 0.0946. The first-order valence-electron chi connectivity index (χ1n) is 5.77. The van der Waals surface area contributed by atoms with E-state index in [9.17, 15) is 4.79 Å². The molecular formula is C13H17N3O. The van der Waals surface area contributed by atoms with Gasteiger partial charge < -0.3 is 15.6 Å². The van der Waals surface area contributed by atoms with Crippen molar-refractivity contribution in [1.82, 2.24) is 9.88 Å². The molecule has 1 aromatic heterocycles. The van der Waals surface area contributed by atoms with Gasteiger partial charge in [-0.1, -0.05) is 18.2 Å². The molecule has 0 bridgehead atoms. The average Bonchev–Trinajstić information content (AvgIpc) is 2.68. The lowest BCUT2D eigenvalue weighted by atomic mass is 10.2. The molecule has 4 heteroatoms. The summed E-state index contributed by atoms with van der Waals surface area (Å²) in [6.45, 7) is 1.21. The quantitative estimate of drug-likeness (QED) is 0.778. The van der Waals surface area contributed by atoms with Crippen molar-refractivity contribution < 1.29 is 4.79 Å². The highest BCUT2D eigenvalue weighted by atomic mass is 16.1. The summed E-state index contributed by atoms with van der Waals surface area (Å²) >= 11 is 0. The van der Waals surface area contributed by atoms with Crippen molar-refractivity contribution in [2.75, 3.05) is 13.1 Å². The maximum Gasteiger partial charge on any atom is 0.267 e. The molecule has 1 amide bonds. The number of carbonyl (C=O) groups excluding carboxylic acids is 1. The largest absolute Gasteiger partial charge is 0.351 e. The van der Waals surface area contributed by atoms with E-state index < -0.39 is 0 Å². The van der Waals surface area contributed by atoms with E-state index in [0.717, 1.165) is 17.3 Å². The number of hydrogen-bond donors (Lipinski definition) is 2. The summed E-state index contributed by atoms with van der Waals surface area (Å²) in [6.07, 6.45) is 0.801. The molecule has 0 aliphatic carbocycles. The Morgan fingerprint density at radius 3 is 2.88 bits per heavy atom. The highest BCUT2D eigenvalue weighted by molar-refractivity contribution is 5.98. The van der Waals surface area contributed by atoms with Crippen LogP contribution in [0, 0.1) is 0 Å². The van der Waals surface area contributed by atoms with Crippen molar-refractivity contribution in [2.24, 2.45) is 12.8 Å². The number of amides is 1. The number of aryl methyl sites for hydroxylation is 1. The van der Waals surface area contributed by atoms with Gasteiger partial charge in [0, 0.05) is 24.5 Å². The van der Waals surface area contributed by atoms with Crippen LogP contribution in [0.5, 0.6) is 0 Å². The molecule has 0 saturated carbocycles. The number of hydrogen-bond acceptors (Lipinski definition) is 2. The van der Waals surface area contributed by atoms with Crippen LogP contribution < -0.4 is 11.1 Å². The van der Waals surface area contributed by atoms with Crippen molar-refractivity contribution in [3.05, 3.63) is 36.0 Å². The van der Waals surface area contributed by atoms with E-state index >= 15 is 0 Å². The highest BCUT2D eigenvalue weighted by Crippen LogP contribution is 2.17. The molecule has 0 radical (unpaired) electrons. The van der Waals surface area contributed by atoms with Crippen molar-refractivity contribution in [1.29, 1.82) is 0 Å². The highest BCUT2D eigenvalue weighted by Gasteiger charge is 2.11. The first kappa shape index (κ1) is 11.7. The van der Waals surface area contributed by atoms with Crippen LogP contribution in [0.1, 0.15) is 16.9 Å². The van der Waals surface area contributed by atoms with Gasteiger partial charge in [-0.3, -0.25) is 4.79 Å². The van der Waals surface area contributed by atoms with E-state index in [0.29, 0.717) is 18.8 Å². The molecule has 3 N–H and O–H groups in total.